The fraction of sp³-hybridized carbons (Fsp3) is 0.344. The quantitative estimate of drug-likeness (QED) is 0.358. The number of benzene rings is 3. The topological polar surface area (TPSA) is 48.0 Å². The van der Waals surface area contributed by atoms with E-state index in [1.807, 2.05) is 66.7 Å². The van der Waals surface area contributed by atoms with Crippen LogP contribution in [0.25, 0.3) is 0 Å². The van der Waals surface area contributed by atoms with Crippen LogP contribution in [-0.2, 0) is 16.0 Å². The summed E-state index contributed by atoms with van der Waals surface area (Å²) in [6, 6.07) is 26.3. The lowest BCUT2D eigenvalue weighted by Gasteiger charge is -2.40. The van der Waals surface area contributed by atoms with E-state index >= 15 is 0 Å². The minimum absolute atomic E-state index is 0.0997. The van der Waals surface area contributed by atoms with Crippen LogP contribution in [-0.4, -0.2) is 44.7 Å². The molecule has 3 aromatic rings. The van der Waals surface area contributed by atoms with Gasteiger partial charge in [-0.2, -0.15) is 0 Å². The molecule has 0 unspecified atom stereocenters. The number of rotatable bonds is 8. The van der Waals surface area contributed by atoms with Crippen LogP contribution in [0.4, 0.5) is 0 Å². The molecule has 0 saturated carbocycles. The second-order valence-corrected chi connectivity index (χ2v) is 10.2. The SMILES string of the molecule is COc1ccc(C[C@@]23CC=C(OC(=O)C(c4ccccc4)c4ccccc4)C[C@@H]2N(C)CC3)cc1OC. The zero-order valence-corrected chi connectivity index (χ0v) is 21.9. The number of allylic oxidation sites excluding steroid dienone is 1. The van der Waals surface area contributed by atoms with Crippen molar-refractivity contribution in [2.75, 3.05) is 27.8 Å². The number of likely N-dealkylation sites (tertiary alicyclic amines) is 1. The molecule has 1 aliphatic heterocycles. The lowest BCUT2D eigenvalue weighted by molar-refractivity contribution is -0.141. The Balaban J connectivity index is 1.37. The van der Waals surface area contributed by atoms with Gasteiger partial charge in [-0.05, 0) is 73.2 Å². The van der Waals surface area contributed by atoms with Gasteiger partial charge in [-0.1, -0.05) is 66.7 Å². The van der Waals surface area contributed by atoms with Gasteiger partial charge in [0, 0.05) is 12.5 Å². The number of nitrogens with zero attached hydrogens (tertiary/aromatic N) is 1. The maximum absolute atomic E-state index is 13.6. The second kappa shape index (κ2) is 10.8. The number of carbonyl (C=O) groups is 1. The van der Waals surface area contributed by atoms with Gasteiger partial charge in [0.25, 0.3) is 0 Å². The smallest absolute Gasteiger partial charge is 0.322 e. The average molecular weight is 498 g/mol. The third-order valence-corrected chi connectivity index (χ3v) is 8.07. The largest absolute Gasteiger partial charge is 0.493 e. The normalized spacial score (nSPS) is 21.3. The summed E-state index contributed by atoms with van der Waals surface area (Å²) in [5.74, 6) is 1.60. The zero-order valence-electron chi connectivity index (χ0n) is 21.9. The predicted octanol–water partition coefficient (Wildman–Crippen LogP) is 5.99. The first-order valence-electron chi connectivity index (χ1n) is 12.9. The molecule has 37 heavy (non-hydrogen) atoms. The Bertz CT molecular complexity index is 1220. The molecule has 5 nitrogen and oxygen atoms in total. The van der Waals surface area contributed by atoms with Crippen molar-refractivity contribution in [3.63, 3.8) is 0 Å². The molecule has 0 spiro atoms. The Morgan fingerprint density at radius 1 is 0.946 bits per heavy atom. The van der Waals surface area contributed by atoms with Gasteiger partial charge in [-0.3, -0.25) is 4.79 Å². The third-order valence-electron chi connectivity index (χ3n) is 8.07. The summed E-state index contributed by atoms with van der Waals surface area (Å²) in [5, 5.41) is 0. The minimum Gasteiger partial charge on any atom is -0.493 e. The Hall–Kier alpha value is -3.57. The molecule has 0 N–H and O–H groups in total. The monoisotopic (exact) mass is 497 g/mol. The highest BCUT2D eigenvalue weighted by Gasteiger charge is 2.48. The standard InChI is InChI=1S/C32H35NO4/c1-33-19-18-32(22-23-14-15-27(35-2)28(20-23)36-3)17-16-26(21-29(32)33)37-31(34)30(24-10-6-4-7-11-24)25-12-8-5-9-13-25/h4-16,20,29-30H,17-19,21-22H2,1-3H3/t29-,32-/m0/s1. The molecule has 0 amide bonds. The molecule has 0 radical (unpaired) electrons. The second-order valence-electron chi connectivity index (χ2n) is 10.2. The molecule has 192 valence electrons. The van der Waals surface area contributed by atoms with Crippen LogP contribution in [0.5, 0.6) is 11.5 Å². The summed E-state index contributed by atoms with van der Waals surface area (Å²) >= 11 is 0. The first kappa shape index (κ1) is 25.1. The number of methoxy groups -OCH3 is 2. The Morgan fingerprint density at radius 3 is 2.22 bits per heavy atom. The van der Waals surface area contributed by atoms with Crippen molar-refractivity contribution < 1.29 is 19.0 Å². The van der Waals surface area contributed by atoms with E-state index in [-0.39, 0.29) is 11.4 Å². The molecule has 2 atom stereocenters. The predicted molar refractivity (Wildman–Crippen MR) is 145 cm³/mol. The number of ether oxygens (including phenoxy) is 3. The molecule has 0 aromatic heterocycles. The summed E-state index contributed by atoms with van der Waals surface area (Å²) in [7, 11) is 5.52. The van der Waals surface area contributed by atoms with E-state index in [0.717, 1.165) is 60.6 Å². The van der Waals surface area contributed by atoms with Crippen LogP contribution >= 0.6 is 0 Å². The van der Waals surface area contributed by atoms with E-state index in [0.29, 0.717) is 6.04 Å². The number of hydrogen-bond acceptors (Lipinski definition) is 5. The summed E-state index contributed by atoms with van der Waals surface area (Å²) in [6.07, 6.45) is 5.81. The Labute approximate surface area is 219 Å². The van der Waals surface area contributed by atoms with Gasteiger partial charge in [0.1, 0.15) is 11.7 Å². The molecule has 1 heterocycles. The zero-order chi connectivity index (χ0) is 25.8. The van der Waals surface area contributed by atoms with Crippen molar-refractivity contribution in [3.05, 3.63) is 107 Å². The van der Waals surface area contributed by atoms with Gasteiger partial charge in [-0.15, -0.1) is 0 Å². The Kier molecular flexibility index (Phi) is 7.33. The highest BCUT2D eigenvalue weighted by Crippen LogP contribution is 2.49. The van der Waals surface area contributed by atoms with Crippen molar-refractivity contribution in [2.24, 2.45) is 5.41 Å². The van der Waals surface area contributed by atoms with Crippen LogP contribution in [0.15, 0.2) is 90.7 Å². The third kappa shape index (κ3) is 5.14. The van der Waals surface area contributed by atoms with E-state index in [9.17, 15) is 4.79 Å². The maximum atomic E-state index is 13.6. The summed E-state index contributed by atoms with van der Waals surface area (Å²) < 4.78 is 17.1. The molecular formula is C32H35NO4. The summed E-state index contributed by atoms with van der Waals surface area (Å²) in [5.41, 5.74) is 3.22. The molecule has 1 aliphatic carbocycles. The van der Waals surface area contributed by atoms with Crippen LogP contribution < -0.4 is 9.47 Å². The lowest BCUT2D eigenvalue weighted by atomic mass is 9.69. The molecule has 5 rings (SSSR count). The maximum Gasteiger partial charge on any atom is 0.322 e. The van der Waals surface area contributed by atoms with Crippen LogP contribution in [0.1, 0.15) is 41.9 Å². The Morgan fingerprint density at radius 2 is 1.59 bits per heavy atom. The van der Waals surface area contributed by atoms with E-state index in [4.69, 9.17) is 14.2 Å². The van der Waals surface area contributed by atoms with Crippen LogP contribution in [0, 0.1) is 5.41 Å². The van der Waals surface area contributed by atoms with Crippen molar-refractivity contribution >= 4 is 5.97 Å². The number of carbonyl (C=O) groups excluding carboxylic acids is 1. The minimum atomic E-state index is -0.456. The molecule has 1 fully saturated rings. The molecular weight excluding hydrogens is 462 g/mol. The number of fused-ring (bicyclic) bond motifs is 1. The van der Waals surface area contributed by atoms with Gasteiger partial charge in [0.2, 0.25) is 0 Å². The van der Waals surface area contributed by atoms with Crippen molar-refractivity contribution in [2.45, 2.75) is 37.6 Å². The van der Waals surface area contributed by atoms with E-state index in [1.165, 1.54) is 5.56 Å². The first-order chi connectivity index (χ1) is 18.0. The molecule has 2 aliphatic rings. The fourth-order valence-electron chi connectivity index (χ4n) is 6.09. The van der Waals surface area contributed by atoms with Gasteiger partial charge in [0.05, 0.1) is 14.2 Å². The van der Waals surface area contributed by atoms with Crippen molar-refractivity contribution in [1.29, 1.82) is 0 Å². The van der Waals surface area contributed by atoms with Crippen LogP contribution in [0.3, 0.4) is 0 Å². The highest BCUT2D eigenvalue weighted by atomic mass is 16.5. The van der Waals surface area contributed by atoms with Crippen molar-refractivity contribution in [1.82, 2.24) is 4.90 Å². The first-order valence-corrected chi connectivity index (χ1v) is 12.9. The highest BCUT2D eigenvalue weighted by molar-refractivity contribution is 5.83. The van der Waals surface area contributed by atoms with Crippen LogP contribution in [0.2, 0.25) is 0 Å². The van der Waals surface area contributed by atoms with E-state index in [1.54, 1.807) is 14.2 Å². The van der Waals surface area contributed by atoms with E-state index < -0.39 is 5.92 Å². The van der Waals surface area contributed by atoms with Gasteiger partial charge in [-0.25, -0.2) is 0 Å². The average Bonchev–Trinajstić information content (AvgIpc) is 3.25. The van der Waals surface area contributed by atoms with Gasteiger partial charge < -0.3 is 19.1 Å². The number of hydrogen-bond donors (Lipinski definition) is 0. The molecule has 3 aromatic carbocycles. The lowest BCUT2D eigenvalue weighted by Crippen LogP contribution is -2.42. The number of esters is 1. The summed E-state index contributed by atoms with van der Waals surface area (Å²) in [6.45, 7) is 1.03. The van der Waals surface area contributed by atoms with Gasteiger partial charge in [0.15, 0.2) is 11.5 Å². The fourth-order valence-corrected chi connectivity index (χ4v) is 6.09. The van der Waals surface area contributed by atoms with E-state index in [2.05, 4.69) is 30.2 Å². The van der Waals surface area contributed by atoms with Crippen molar-refractivity contribution in [3.8, 4) is 11.5 Å². The molecule has 0 bridgehead atoms. The van der Waals surface area contributed by atoms with Gasteiger partial charge >= 0.3 is 5.97 Å². The molecule has 5 heteroatoms. The molecule has 1 saturated heterocycles. The summed E-state index contributed by atoms with van der Waals surface area (Å²) in [4.78, 5) is 16.0.